The van der Waals surface area contributed by atoms with Crippen LogP contribution < -0.4 is 34.5 Å². The van der Waals surface area contributed by atoms with Gasteiger partial charge in [0, 0.05) is 0 Å². The topological polar surface area (TPSA) is 105 Å². The fourth-order valence-corrected chi connectivity index (χ4v) is 0.829. The molecule has 0 amide bonds. The molecule has 2 unspecified atom stereocenters. The van der Waals surface area contributed by atoms with Gasteiger partial charge in [0.2, 0.25) is 0 Å². The first kappa shape index (κ1) is 15.7. The predicted octanol–water partition coefficient (Wildman–Crippen LogP) is -3.35. The van der Waals surface area contributed by atoms with Crippen molar-refractivity contribution in [2.75, 3.05) is 13.2 Å². The first-order chi connectivity index (χ1) is 5.16. The first-order valence-corrected chi connectivity index (χ1v) is 4.93. The Bertz CT molecular complexity index is 150. The molecule has 1 N–H and O–H groups in total. The van der Waals surface area contributed by atoms with Gasteiger partial charge in [-0.15, -0.1) is 0 Å². The summed E-state index contributed by atoms with van der Waals surface area (Å²) in [5.41, 5.74) is 0. The van der Waals surface area contributed by atoms with Crippen molar-refractivity contribution in [3.63, 3.8) is 0 Å². The molecular formula is C2H7NaO7P2. The van der Waals surface area contributed by atoms with E-state index in [4.69, 9.17) is 5.26 Å². The van der Waals surface area contributed by atoms with Crippen molar-refractivity contribution < 1.29 is 62.6 Å². The van der Waals surface area contributed by atoms with E-state index in [0.717, 1.165) is 0 Å². The molecule has 0 aliphatic carbocycles. The van der Waals surface area contributed by atoms with Crippen molar-refractivity contribution in [3.05, 3.63) is 0 Å². The van der Waals surface area contributed by atoms with Crippen LogP contribution in [0, 0.1) is 0 Å². The van der Waals surface area contributed by atoms with E-state index in [1.165, 1.54) is 0 Å². The van der Waals surface area contributed by atoms with Gasteiger partial charge in [0.1, 0.15) is 8.25 Å². The van der Waals surface area contributed by atoms with Crippen LogP contribution in [0.3, 0.4) is 0 Å². The van der Waals surface area contributed by atoms with Crippen LogP contribution in [0.25, 0.3) is 0 Å². The normalized spacial score (nSPS) is 14.8. The van der Waals surface area contributed by atoms with Gasteiger partial charge in [-0.2, -0.15) is 4.67 Å². The molecule has 0 aliphatic heterocycles. The Morgan fingerprint density at radius 2 is 1.75 bits per heavy atom. The Balaban J connectivity index is 0. The van der Waals surface area contributed by atoms with Crippen LogP contribution in [0.2, 0.25) is 0 Å². The Kier molecular flexibility index (Phi) is 13.5. The maximum absolute atomic E-state index is 10.1. The summed E-state index contributed by atoms with van der Waals surface area (Å²) in [5.74, 6) is 0. The van der Waals surface area contributed by atoms with E-state index in [-0.39, 0.29) is 42.8 Å². The Morgan fingerprint density at radius 3 is 2.17 bits per heavy atom. The van der Waals surface area contributed by atoms with E-state index < -0.39 is 16.5 Å². The van der Waals surface area contributed by atoms with Gasteiger partial charge in [-0.3, -0.25) is 4.57 Å². The number of rotatable bonds is 6. The van der Waals surface area contributed by atoms with E-state index in [1.54, 1.807) is 0 Å². The average molecular weight is 228 g/mol. The molecule has 0 aromatic carbocycles. The summed E-state index contributed by atoms with van der Waals surface area (Å²) in [6.07, 6.45) is 0. The third kappa shape index (κ3) is 11.3. The quantitative estimate of drug-likeness (QED) is 0.166. The minimum atomic E-state index is -3.21. The van der Waals surface area contributed by atoms with Crippen LogP contribution in [-0.4, -0.2) is 18.5 Å². The summed E-state index contributed by atoms with van der Waals surface area (Å²) in [4.78, 5) is 9.76. The van der Waals surface area contributed by atoms with E-state index in [0.29, 0.717) is 0 Å². The van der Waals surface area contributed by atoms with Gasteiger partial charge in [0.25, 0.3) is 0 Å². The van der Waals surface area contributed by atoms with Crippen molar-refractivity contribution in [1.29, 1.82) is 0 Å². The van der Waals surface area contributed by atoms with Gasteiger partial charge in [-0.05, 0) is 0 Å². The molecule has 0 spiro atoms. The van der Waals surface area contributed by atoms with Gasteiger partial charge in [-0.1, -0.05) is 0 Å². The monoisotopic (exact) mass is 228 g/mol. The number of hydrogen-bond acceptors (Lipinski definition) is 7. The zero-order chi connectivity index (χ0) is 8.69. The Labute approximate surface area is 92.1 Å². The summed E-state index contributed by atoms with van der Waals surface area (Å²) in [6.45, 7) is -0.446. The van der Waals surface area contributed by atoms with E-state index in [2.05, 4.69) is 13.7 Å². The van der Waals surface area contributed by atoms with Crippen molar-refractivity contribution in [3.8, 4) is 0 Å². The molecule has 0 bridgehead atoms. The van der Waals surface area contributed by atoms with Crippen LogP contribution in [0.15, 0.2) is 0 Å². The van der Waals surface area contributed by atoms with Crippen molar-refractivity contribution in [2.45, 2.75) is 0 Å². The third-order valence-electron chi connectivity index (χ3n) is 0.598. The second-order valence-electron chi connectivity index (χ2n) is 1.29. The molecule has 10 heteroatoms. The molecule has 0 saturated heterocycles. The van der Waals surface area contributed by atoms with Gasteiger partial charge in [-0.25, -0.2) is 5.26 Å². The molecular weight excluding hydrogens is 221 g/mol. The average Bonchev–Trinajstić information content (AvgIpc) is 1.97. The van der Waals surface area contributed by atoms with E-state index >= 15 is 0 Å². The summed E-state index contributed by atoms with van der Waals surface area (Å²) >= 11 is 0. The zero-order valence-corrected chi connectivity index (χ0v) is 10.3. The standard InChI is InChI=1S/C2H8O7P2.Na/c3-9-11(6)8-2-1-7-10(4)5;/h3,10-11H,1-2H2,(H,4,5);/q;+1/p-1. The van der Waals surface area contributed by atoms with Gasteiger partial charge in [0.05, 0.1) is 13.2 Å². The second kappa shape index (κ2) is 10.3. The number of hydrogen-bond donors (Lipinski definition) is 1. The smallest absolute Gasteiger partial charge is 0.781 e. The van der Waals surface area contributed by atoms with Crippen molar-refractivity contribution >= 4 is 16.5 Å². The molecule has 12 heavy (non-hydrogen) atoms. The second-order valence-corrected chi connectivity index (χ2v) is 3.05. The maximum atomic E-state index is 10.1. The molecule has 2 atom stereocenters. The van der Waals surface area contributed by atoms with Crippen molar-refractivity contribution in [1.82, 2.24) is 0 Å². The Morgan fingerprint density at radius 1 is 1.25 bits per heavy atom. The molecule has 0 heterocycles. The Hall–Kier alpha value is 1.26. The minimum Gasteiger partial charge on any atom is -0.781 e. The van der Waals surface area contributed by atoms with E-state index in [9.17, 15) is 14.0 Å². The van der Waals surface area contributed by atoms with Crippen LogP contribution in [-0.2, 0) is 22.9 Å². The summed E-state index contributed by atoms with van der Waals surface area (Å²) < 4.78 is 31.5. The van der Waals surface area contributed by atoms with Crippen LogP contribution in [0.5, 0.6) is 0 Å². The summed E-state index contributed by atoms with van der Waals surface area (Å²) in [6, 6.07) is 0. The van der Waals surface area contributed by atoms with E-state index in [1.807, 2.05) is 0 Å². The minimum absolute atomic E-state index is 0. The molecule has 0 fully saturated rings. The van der Waals surface area contributed by atoms with Gasteiger partial charge >= 0.3 is 37.8 Å². The first-order valence-electron chi connectivity index (χ1n) is 2.48. The third-order valence-corrected chi connectivity index (χ3v) is 1.63. The SMILES string of the molecule is O=[PH]([O-])OCCO[PH](=O)OO.[Na+]. The summed E-state index contributed by atoms with van der Waals surface area (Å²) in [7, 11) is -6.11. The van der Waals surface area contributed by atoms with Crippen LogP contribution in [0.4, 0.5) is 0 Å². The fourth-order valence-electron chi connectivity index (χ4n) is 0.276. The zero-order valence-electron chi connectivity index (χ0n) is 6.31. The molecule has 0 aliphatic rings. The molecule has 7 nitrogen and oxygen atoms in total. The molecule has 0 radical (unpaired) electrons. The van der Waals surface area contributed by atoms with Crippen LogP contribution >= 0.6 is 16.5 Å². The molecule has 0 saturated carbocycles. The molecule has 0 aromatic heterocycles. The van der Waals surface area contributed by atoms with Crippen molar-refractivity contribution in [2.24, 2.45) is 0 Å². The fraction of sp³-hybridized carbons (Fsp3) is 1.00. The molecule has 0 rings (SSSR count). The van der Waals surface area contributed by atoms with Crippen LogP contribution in [0.1, 0.15) is 0 Å². The van der Waals surface area contributed by atoms with Gasteiger partial charge in [0.15, 0.2) is 0 Å². The largest absolute Gasteiger partial charge is 1.00 e. The predicted molar refractivity (Wildman–Crippen MR) is 33.6 cm³/mol. The molecule has 0 aromatic rings. The summed E-state index contributed by atoms with van der Waals surface area (Å²) in [5, 5.41) is 7.69. The molecule has 68 valence electrons. The maximum Gasteiger partial charge on any atom is 1.00 e. The van der Waals surface area contributed by atoms with Gasteiger partial charge < -0.3 is 18.5 Å².